The summed E-state index contributed by atoms with van der Waals surface area (Å²) in [6.45, 7) is 0. The van der Waals surface area contributed by atoms with Crippen LogP contribution in [0, 0.1) is 0 Å². The van der Waals surface area contributed by atoms with E-state index in [4.69, 9.17) is 0 Å². The van der Waals surface area contributed by atoms with Crippen LogP contribution in [-0.4, -0.2) is 0 Å². The molecular formula is H3MoO3P3S6. The minimum atomic E-state index is -1.96. The molecule has 0 aliphatic carbocycles. The standard InChI is InChI=1S/Mo.3H3OPS2/c;3*1-2(3)4/h;3*2H,(H2,1,3,4)/q+6;;;/p-6. The molecule has 13 heteroatoms. The first-order valence-corrected chi connectivity index (χ1v) is 12.9. The predicted molar refractivity (Wildman–Crippen MR) is 69.1 cm³/mol. The third-order valence-corrected chi connectivity index (χ3v) is 0. The van der Waals surface area contributed by atoms with Gasteiger partial charge >= 0.3 is 21.1 Å². The molecule has 3 nitrogen and oxygen atoms in total. The number of rotatable bonds is 0. The molecule has 0 N–H and O–H groups in total. The van der Waals surface area contributed by atoms with E-state index in [1.54, 1.807) is 0 Å². The molecule has 0 heterocycles. The number of hydrogen-bond acceptors (Lipinski definition) is 9. The van der Waals surface area contributed by atoms with Crippen molar-refractivity contribution in [1.82, 2.24) is 0 Å². The van der Waals surface area contributed by atoms with E-state index in [9.17, 15) is 14.7 Å². The summed E-state index contributed by atoms with van der Waals surface area (Å²) in [5.41, 5.74) is 0. The van der Waals surface area contributed by atoms with Gasteiger partial charge in [-0.3, -0.25) is 18.4 Å². The van der Waals surface area contributed by atoms with Crippen molar-refractivity contribution in [2.75, 3.05) is 0 Å². The van der Waals surface area contributed by atoms with Crippen LogP contribution in [0.2, 0.25) is 0 Å². The van der Waals surface area contributed by atoms with Crippen molar-refractivity contribution in [3.05, 3.63) is 0 Å². The summed E-state index contributed by atoms with van der Waals surface area (Å²) in [7, 11) is 0. The van der Waals surface area contributed by atoms with Crippen LogP contribution in [0.4, 0.5) is 0 Å². The fourth-order valence-electron chi connectivity index (χ4n) is 0. The maximum Gasteiger partial charge on any atom is 6.00 e. The van der Waals surface area contributed by atoms with Gasteiger partial charge in [0.05, 0.1) is 0 Å². The minimum absolute atomic E-state index is 0. The third-order valence-electron chi connectivity index (χ3n) is 0. The molecule has 0 aliphatic rings. The van der Waals surface area contributed by atoms with Gasteiger partial charge in [0.2, 0.25) is 0 Å². The Hall–Kier alpha value is 3.57. The van der Waals surface area contributed by atoms with E-state index < -0.39 is 18.4 Å². The summed E-state index contributed by atoms with van der Waals surface area (Å²) >= 11 is 23.9. The van der Waals surface area contributed by atoms with Gasteiger partial charge in [0.15, 0.2) is 0 Å². The summed E-state index contributed by atoms with van der Waals surface area (Å²) < 4.78 is 0. The van der Waals surface area contributed by atoms with Crippen LogP contribution in [-0.2, 0) is 93.2 Å². The van der Waals surface area contributed by atoms with Crippen molar-refractivity contribution in [2.45, 2.75) is 0 Å². The van der Waals surface area contributed by atoms with Gasteiger partial charge in [-0.1, -0.05) is 0 Å². The van der Waals surface area contributed by atoms with E-state index >= 15 is 0 Å². The van der Waals surface area contributed by atoms with Crippen molar-refractivity contribution in [3.8, 4) is 0 Å². The molecule has 3 unspecified atom stereocenters. The van der Waals surface area contributed by atoms with Gasteiger partial charge in [-0.25, -0.2) is 0 Å². The zero-order chi connectivity index (χ0) is 10.7. The maximum atomic E-state index is 9.26. The molecule has 0 rings (SSSR count). The molecule has 0 radical (unpaired) electrons. The SMILES string of the molecule is [Mo+6].[O-][PH](=S)[S-].[O-][PH](=S)[S-].[O-][PH](=S)[S-]. The Kier molecular flexibility index (Phi) is 40.9. The van der Waals surface area contributed by atoms with Gasteiger partial charge in [0, 0.05) is 0 Å². The Balaban J connectivity index is -0.0000000450. The Morgan fingerprint density at radius 2 is 0.692 bits per heavy atom. The second kappa shape index (κ2) is 20.9. The monoisotopic (exact) mass is 434 g/mol. The average molecular weight is 432 g/mol. The molecule has 0 spiro atoms. The van der Waals surface area contributed by atoms with E-state index in [2.05, 4.69) is 72.2 Å². The van der Waals surface area contributed by atoms with Crippen molar-refractivity contribution in [1.29, 1.82) is 0 Å². The number of hydrogen-bond donors (Lipinski definition) is 0. The van der Waals surface area contributed by atoms with E-state index in [1.807, 2.05) is 0 Å². The normalized spacial score (nSPS) is 14.3. The second-order valence-corrected chi connectivity index (χ2v) is 11.2. The zero-order valence-electron chi connectivity index (χ0n) is 5.58. The van der Waals surface area contributed by atoms with E-state index in [1.165, 1.54) is 0 Å². The first-order chi connectivity index (χ1) is 5.20. The molecule has 0 amide bonds. The van der Waals surface area contributed by atoms with Crippen molar-refractivity contribution in [2.24, 2.45) is 0 Å². The molecule has 0 aromatic rings. The molecule has 0 fully saturated rings. The topological polar surface area (TPSA) is 69.2 Å². The molecule has 0 aromatic heterocycles. The van der Waals surface area contributed by atoms with Crippen LogP contribution in [0.15, 0.2) is 0 Å². The van der Waals surface area contributed by atoms with Gasteiger partial charge < -0.3 is 51.4 Å². The fourth-order valence-corrected chi connectivity index (χ4v) is 0. The fraction of sp³-hybridized carbons (Fsp3) is 0. The quantitative estimate of drug-likeness (QED) is 0.251. The Bertz CT molecular complexity index is 121. The van der Waals surface area contributed by atoms with E-state index in [0.29, 0.717) is 0 Å². The maximum absolute atomic E-state index is 9.26. The van der Waals surface area contributed by atoms with Crippen LogP contribution in [0.1, 0.15) is 0 Å². The molecule has 0 saturated heterocycles. The molecule has 0 bridgehead atoms. The predicted octanol–water partition coefficient (Wildman–Crippen LogP) is -1.80. The average Bonchev–Trinajstić information content (AvgIpc) is 1.54. The Morgan fingerprint density at radius 1 is 0.692 bits per heavy atom. The van der Waals surface area contributed by atoms with Crippen LogP contribution < -0.4 is 14.7 Å². The second-order valence-electron chi connectivity index (χ2n) is 0.750. The van der Waals surface area contributed by atoms with Crippen LogP contribution >= 0.6 is 18.4 Å². The first-order valence-electron chi connectivity index (χ1n) is 1.84. The summed E-state index contributed by atoms with van der Waals surface area (Å²) in [5, 5.41) is 0. The van der Waals surface area contributed by atoms with Crippen molar-refractivity contribution in [3.63, 3.8) is 0 Å². The van der Waals surface area contributed by atoms with E-state index in [0.717, 1.165) is 0 Å². The summed E-state index contributed by atoms with van der Waals surface area (Å²) in [4.78, 5) is 27.8. The molecular weight excluding hydrogens is 429 g/mol. The first kappa shape index (κ1) is 25.4. The van der Waals surface area contributed by atoms with Crippen LogP contribution in [0.25, 0.3) is 0 Å². The van der Waals surface area contributed by atoms with Crippen LogP contribution in [0.5, 0.6) is 0 Å². The molecule has 0 saturated carbocycles. The van der Waals surface area contributed by atoms with Crippen molar-refractivity contribution >= 4 is 90.5 Å². The zero-order valence-corrected chi connectivity index (χ0v) is 15.5. The molecule has 78 valence electrons. The summed E-state index contributed by atoms with van der Waals surface area (Å²) in [6.07, 6.45) is -5.89. The third kappa shape index (κ3) is 225. The smallest absolute Gasteiger partial charge is 0.841 e. The Labute approximate surface area is 125 Å². The minimum Gasteiger partial charge on any atom is -0.841 e. The molecule has 0 aliphatic heterocycles. The van der Waals surface area contributed by atoms with Crippen LogP contribution in [0.3, 0.4) is 0 Å². The summed E-state index contributed by atoms with van der Waals surface area (Å²) in [6, 6.07) is 0. The molecule has 0 aromatic carbocycles. The molecule has 3 atom stereocenters. The summed E-state index contributed by atoms with van der Waals surface area (Å²) in [5.74, 6) is 0. The van der Waals surface area contributed by atoms with E-state index in [-0.39, 0.29) is 21.1 Å². The van der Waals surface area contributed by atoms with Gasteiger partial charge in [-0.2, -0.15) is 0 Å². The van der Waals surface area contributed by atoms with Gasteiger partial charge in [-0.15, -0.1) is 35.4 Å². The largest absolute Gasteiger partial charge is 6.00 e. The van der Waals surface area contributed by atoms with Gasteiger partial charge in [-0.05, 0) is 0 Å². The van der Waals surface area contributed by atoms with Gasteiger partial charge in [0.25, 0.3) is 0 Å². The Morgan fingerprint density at radius 3 is 0.692 bits per heavy atom. The molecule has 13 heavy (non-hydrogen) atoms. The van der Waals surface area contributed by atoms with Crippen molar-refractivity contribution < 1.29 is 35.7 Å². The van der Waals surface area contributed by atoms with Gasteiger partial charge in [0.1, 0.15) is 0 Å².